The van der Waals surface area contributed by atoms with Crippen molar-refractivity contribution in [3.05, 3.63) is 0 Å². The molecule has 7 unspecified atom stereocenters. The SMILES string of the molecule is C=P(O)(OCCCNC(=O)CC(=O)NC(COCCC(=O)NCCCO[C@@H]1OC(CO)[C@H](O)[C@H](O)C1C)(COCCC(=O)NCCCO[C@@H]1OC(CO)[C@H](O)[C@H](O)C1C)COCCC(=O)NCCCO[C@@H]1OC(CO)[C@H](O)[C@H](O)C1C)OC(C)C. The van der Waals surface area contributed by atoms with E-state index in [2.05, 4.69) is 32.9 Å². The first-order valence-corrected chi connectivity index (χ1v) is 30.8. The summed E-state index contributed by atoms with van der Waals surface area (Å²) in [7, 11) is -3.33. The van der Waals surface area contributed by atoms with Crippen LogP contribution in [0.1, 0.15) is 86.0 Å². The van der Waals surface area contributed by atoms with Crippen molar-refractivity contribution in [2.75, 3.05) is 112 Å². The van der Waals surface area contributed by atoms with Gasteiger partial charge < -0.3 is 129 Å². The van der Waals surface area contributed by atoms with Gasteiger partial charge in [0.1, 0.15) is 48.6 Å². The average Bonchev–Trinajstić information content (AvgIpc) is 3.28. The molecule has 0 bridgehead atoms. The number of rotatable bonds is 43. The monoisotopic (exact) mass is 1250 g/mol. The number of carbonyl (C=O) groups excluding carboxylic acids is 5. The largest absolute Gasteiger partial charge is 0.394 e. The Bertz CT molecular complexity index is 1820. The van der Waals surface area contributed by atoms with E-state index in [4.69, 9.17) is 51.7 Å². The van der Waals surface area contributed by atoms with Crippen molar-refractivity contribution in [2.24, 2.45) is 17.8 Å². The van der Waals surface area contributed by atoms with E-state index < -0.39 is 160 Å². The normalized spacial score (nSPS) is 29.3. The van der Waals surface area contributed by atoms with E-state index in [1.165, 1.54) is 0 Å². The molecule has 0 aromatic carbocycles. The van der Waals surface area contributed by atoms with E-state index in [9.17, 15) is 74.8 Å². The Kier molecular flexibility index (Phi) is 36.2. The van der Waals surface area contributed by atoms with Gasteiger partial charge >= 0.3 is 0 Å². The Morgan fingerprint density at radius 3 is 1.13 bits per heavy atom. The summed E-state index contributed by atoms with van der Waals surface area (Å²) in [4.78, 5) is 75.7. The molecule has 0 aliphatic carbocycles. The third-order valence-corrected chi connectivity index (χ3v) is 15.3. The molecule has 3 heterocycles. The van der Waals surface area contributed by atoms with E-state index in [0.29, 0.717) is 19.3 Å². The van der Waals surface area contributed by atoms with Crippen molar-refractivity contribution in [3.63, 3.8) is 0 Å². The number of hydrogen-bond donors (Lipinski definition) is 15. The topological polar surface area (TPSA) is 449 Å². The van der Waals surface area contributed by atoms with E-state index in [1.807, 2.05) is 0 Å². The molecule has 0 radical (unpaired) electrons. The van der Waals surface area contributed by atoms with E-state index in [-0.39, 0.29) is 124 Å². The van der Waals surface area contributed by atoms with Gasteiger partial charge in [0, 0.05) is 63.2 Å². The summed E-state index contributed by atoms with van der Waals surface area (Å²) in [5.41, 5.74) is -1.59. The molecule has 3 aliphatic heterocycles. The molecular formula is C53H98N5O26P. The first-order valence-electron chi connectivity index (χ1n) is 29.0. The van der Waals surface area contributed by atoms with Crippen molar-refractivity contribution in [1.82, 2.24) is 26.6 Å². The maximum Gasteiger partial charge on any atom is 0.248 e. The average molecular weight is 1250 g/mol. The van der Waals surface area contributed by atoms with E-state index >= 15 is 0 Å². The highest BCUT2D eigenvalue weighted by Crippen LogP contribution is 2.43. The first-order chi connectivity index (χ1) is 40.4. The lowest BCUT2D eigenvalue weighted by molar-refractivity contribution is -0.282. The maximum absolute atomic E-state index is 13.7. The molecule has 0 saturated carbocycles. The number of aliphatic hydroxyl groups is 9. The molecule has 31 nitrogen and oxygen atoms in total. The van der Waals surface area contributed by atoms with Crippen LogP contribution in [0.3, 0.4) is 0 Å². The van der Waals surface area contributed by atoms with Gasteiger partial charge in [0.25, 0.3) is 0 Å². The smallest absolute Gasteiger partial charge is 0.248 e. The highest BCUT2D eigenvalue weighted by molar-refractivity contribution is 7.58. The molecule has 85 heavy (non-hydrogen) atoms. The van der Waals surface area contributed by atoms with Crippen molar-refractivity contribution < 1.29 is 127 Å². The molecule has 0 aromatic rings. The predicted octanol–water partition coefficient (Wildman–Crippen LogP) is -4.62. The summed E-state index contributed by atoms with van der Waals surface area (Å²) in [6.45, 7) is 5.98. The minimum atomic E-state index is -3.33. The summed E-state index contributed by atoms with van der Waals surface area (Å²) in [6, 6.07) is 0. The van der Waals surface area contributed by atoms with Crippen LogP contribution in [-0.2, 0) is 75.7 Å². The number of nitrogens with one attached hydrogen (secondary N) is 5. The van der Waals surface area contributed by atoms with Crippen LogP contribution in [0.4, 0.5) is 0 Å². The zero-order valence-corrected chi connectivity index (χ0v) is 50.5. The number of ether oxygens (including phenoxy) is 9. The van der Waals surface area contributed by atoms with Crippen molar-refractivity contribution in [2.45, 2.75) is 171 Å². The summed E-state index contributed by atoms with van der Waals surface area (Å²) < 4.78 is 62.4. The molecule has 32 heteroatoms. The van der Waals surface area contributed by atoms with Crippen LogP contribution in [0.5, 0.6) is 0 Å². The number of carbonyl (C=O) groups is 5. The van der Waals surface area contributed by atoms with Crippen molar-refractivity contribution in [1.29, 1.82) is 0 Å². The molecule has 0 aromatic heterocycles. The summed E-state index contributed by atoms with van der Waals surface area (Å²) in [5, 5.41) is 103. The van der Waals surface area contributed by atoms with Crippen molar-refractivity contribution >= 4 is 43.4 Å². The number of amides is 5. The van der Waals surface area contributed by atoms with Crippen LogP contribution in [-0.4, -0.2) is 284 Å². The third kappa shape index (κ3) is 28.0. The number of aliphatic hydroxyl groups excluding tert-OH is 9. The lowest BCUT2D eigenvalue weighted by Crippen LogP contribution is -2.59. The lowest BCUT2D eigenvalue weighted by Gasteiger charge is -2.40. The van der Waals surface area contributed by atoms with Crippen LogP contribution in [0.2, 0.25) is 0 Å². The highest BCUT2D eigenvalue weighted by atomic mass is 31.2. The standard InChI is InChI=1S/C53H98N5O26P/c1-32(2)84-85(6,73)80-21-10-17-57-42(65)25-43(66)58-53(29-74-22-11-39(62)54-14-7-18-77-50-33(3)44(67)47(70)36(26-59)81-50,30-75-23-12-40(63)55-15-8-19-78-51-34(4)45(68)48(71)37(27-60)82-51)31-76-24-13-41(64)56-16-9-20-79-52-35(5)46(69)49(72)38(28-61)83-52/h32-38,44-52,59-61,67-73H,6-31H2,1-5H3,(H,54,62)(H,55,63)(H,56,64)(H,57,65)(H,58,66)/t33?,34?,35?,36?,37?,38?,44-,45-,46-,47+,48+,49+,50-,51-,52-,53?,85?/m1/s1. The summed E-state index contributed by atoms with van der Waals surface area (Å²) in [5.74, 6) is -4.50. The van der Waals surface area contributed by atoms with Gasteiger partial charge in [-0.15, -0.1) is 0 Å². The van der Waals surface area contributed by atoms with Gasteiger partial charge in [0.15, 0.2) is 18.9 Å². The second-order valence-electron chi connectivity index (χ2n) is 21.7. The predicted molar refractivity (Wildman–Crippen MR) is 299 cm³/mol. The molecule has 16 atom stereocenters. The van der Waals surface area contributed by atoms with E-state index in [0.717, 1.165) is 0 Å². The van der Waals surface area contributed by atoms with Gasteiger partial charge in [-0.3, -0.25) is 24.0 Å². The fraction of sp³-hybridized carbons (Fsp3) is 0.887. The van der Waals surface area contributed by atoms with Gasteiger partial charge in [0.2, 0.25) is 37.1 Å². The third-order valence-electron chi connectivity index (χ3n) is 13.9. The fourth-order valence-electron chi connectivity index (χ4n) is 8.94. The maximum atomic E-state index is 13.7. The molecule has 496 valence electrons. The minimum absolute atomic E-state index is 0.00690. The Hall–Kier alpha value is -3.19. The van der Waals surface area contributed by atoms with Gasteiger partial charge in [-0.25, -0.2) is 0 Å². The van der Waals surface area contributed by atoms with Crippen LogP contribution in [0.15, 0.2) is 0 Å². The second-order valence-corrected chi connectivity index (χ2v) is 23.4. The first kappa shape index (κ1) is 76.1. The van der Waals surface area contributed by atoms with Crippen LogP contribution in [0.25, 0.3) is 0 Å². The molecule has 3 aliphatic rings. The van der Waals surface area contributed by atoms with Crippen LogP contribution >= 0.6 is 7.57 Å². The quantitative estimate of drug-likeness (QED) is 0.0155. The summed E-state index contributed by atoms with van der Waals surface area (Å²) in [6.07, 6.45) is -9.87. The van der Waals surface area contributed by atoms with Crippen molar-refractivity contribution in [3.8, 4) is 0 Å². The fourth-order valence-corrected chi connectivity index (χ4v) is 10.1. The molecular weight excluding hydrogens is 1150 g/mol. The van der Waals surface area contributed by atoms with Crippen LogP contribution < -0.4 is 26.6 Å². The molecule has 3 saturated heterocycles. The molecule has 0 spiro atoms. The van der Waals surface area contributed by atoms with E-state index in [1.54, 1.807) is 34.6 Å². The lowest BCUT2D eigenvalue weighted by atomic mass is 9.92. The molecule has 5 amide bonds. The zero-order chi connectivity index (χ0) is 63.1. The van der Waals surface area contributed by atoms with Gasteiger partial charge in [-0.1, -0.05) is 20.8 Å². The van der Waals surface area contributed by atoms with Gasteiger partial charge in [0.05, 0.1) is 110 Å². The van der Waals surface area contributed by atoms with Gasteiger partial charge in [-0.05, 0) is 45.8 Å². The molecule has 3 fully saturated rings. The minimum Gasteiger partial charge on any atom is -0.394 e. The second kappa shape index (κ2) is 40.4. The molecule has 15 N–H and O–H groups in total. The van der Waals surface area contributed by atoms with Crippen LogP contribution in [0, 0.1) is 17.8 Å². The van der Waals surface area contributed by atoms with Gasteiger partial charge in [-0.2, -0.15) is 0 Å². The Labute approximate surface area is 496 Å². The number of hydrogen-bond acceptors (Lipinski definition) is 26. The highest BCUT2D eigenvalue weighted by Gasteiger charge is 2.45. The Balaban J connectivity index is 1.63. The summed E-state index contributed by atoms with van der Waals surface area (Å²) >= 11 is 0. The molecule has 3 rings (SSSR count). The zero-order valence-electron chi connectivity index (χ0n) is 49.6. The Morgan fingerprint density at radius 2 is 0.812 bits per heavy atom. The Morgan fingerprint density at radius 1 is 0.494 bits per heavy atom.